The van der Waals surface area contributed by atoms with Crippen molar-refractivity contribution in [1.82, 2.24) is 4.98 Å². The van der Waals surface area contributed by atoms with Crippen molar-refractivity contribution in [2.45, 2.75) is 25.1 Å². The molecule has 1 saturated heterocycles. The Morgan fingerprint density at radius 3 is 2.82 bits per heavy atom. The molecule has 2 heterocycles. The molecular weight excluding hydrogens is 257 g/mol. The van der Waals surface area contributed by atoms with E-state index >= 15 is 0 Å². The number of alkyl halides is 3. The van der Waals surface area contributed by atoms with Gasteiger partial charge in [-0.15, -0.1) is 11.3 Å². The topological polar surface area (TPSA) is 53.4 Å². The highest BCUT2D eigenvalue weighted by Crippen LogP contribution is 2.35. The van der Waals surface area contributed by atoms with Crippen LogP contribution in [0, 0.1) is 0 Å². The van der Waals surface area contributed by atoms with E-state index in [1.165, 1.54) is 4.90 Å². The van der Waals surface area contributed by atoms with Gasteiger partial charge in [0.25, 0.3) is 0 Å². The minimum Gasteiger partial charge on any atom is -0.480 e. The van der Waals surface area contributed by atoms with E-state index in [4.69, 9.17) is 5.11 Å². The van der Waals surface area contributed by atoms with Crippen LogP contribution in [0.4, 0.5) is 18.3 Å². The lowest BCUT2D eigenvalue weighted by Gasteiger charge is -2.19. The zero-order valence-corrected chi connectivity index (χ0v) is 9.38. The predicted molar refractivity (Wildman–Crippen MR) is 55.1 cm³/mol. The average Bonchev–Trinajstić information content (AvgIpc) is 2.85. The van der Waals surface area contributed by atoms with Crippen LogP contribution in [0.25, 0.3) is 0 Å². The molecule has 1 aliphatic rings. The number of thiazole rings is 1. The lowest BCUT2D eigenvalue weighted by atomic mass is 10.2. The molecule has 0 aliphatic carbocycles. The molecular formula is C9H9F3N2O2S. The van der Waals surface area contributed by atoms with Gasteiger partial charge in [0.15, 0.2) is 10.8 Å². The number of aliphatic carboxylic acids is 1. The molecule has 1 aromatic rings. The fourth-order valence-corrected chi connectivity index (χ4v) is 2.69. The number of carbonyl (C=O) groups is 1. The second-order valence-electron chi connectivity index (χ2n) is 3.70. The van der Waals surface area contributed by atoms with Crippen LogP contribution >= 0.6 is 11.3 Å². The molecule has 0 amide bonds. The lowest BCUT2D eigenvalue weighted by molar-refractivity contribution is -0.140. The second kappa shape index (κ2) is 4.17. The van der Waals surface area contributed by atoms with Gasteiger partial charge < -0.3 is 10.0 Å². The number of rotatable bonds is 2. The third kappa shape index (κ3) is 2.36. The quantitative estimate of drug-likeness (QED) is 0.891. The molecule has 0 spiro atoms. The summed E-state index contributed by atoms with van der Waals surface area (Å²) in [4.78, 5) is 15.8. The van der Waals surface area contributed by atoms with Crippen LogP contribution in [-0.2, 0) is 11.0 Å². The SMILES string of the molecule is O=C(O)C1CCCN1c1nc(C(F)(F)F)cs1. The Hall–Kier alpha value is -1.31. The first-order valence-corrected chi connectivity index (χ1v) is 5.80. The summed E-state index contributed by atoms with van der Waals surface area (Å²) in [5.41, 5.74) is -0.964. The molecule has 8 heteroatoms. The van der Waals surface area contributed by atoms with Crippen molar-refractivity contribution in [2.75, 3.05) is 11.4 Å². The second-order valence-corrected chi connectivity index (χ2v) is 4.54. The first-order valence-electron chi connectivity index (χ1n) is 4.92. The summed E-state index contributed by atoms with van der Waals surface area (Å²) in [5.74, 6) is -1.02. The number of hydrogen-bond acceptors (Lipinski definition) is 4. The molecule has 17 heavy (non-hydrogen) atoms. The number of carboxylic acids is 1. The van der Waals surface area contributed by atoms with Crippen LogP contribution < -0.4 is 4.90 Å². The molecule has 2 rings (SSSR count). The first kappa shape index (κ1) is 12.2. The minimum absolute atomic E-state index is 0.127. The van der Waals surface area contributed by atoms with Gasteiger partial charge in [-0.05, 0) is 12.8 Å². The largest absolute Gasteiger partial charge is 0.480 e. The fraction of sp³-hybridized carbons (Fsp3) is 0.556. The standard InChI is InChI=1S/C9H9F3N2O2S/c10-9(11,12)6-4-17-8(13-6)14-3-1-2-5(14)7(15)16/h4-5H,1-3H2,(H,15,16). The van der Waals surface area contributed by atoms with Crippen molar-refractivity contribution < 1.29 is 23.1 Å². The van der Waals surface area contributed by atoms with Gasteiger partial charge in [-0.2, -0.15) is 13.2 Å². The van der Waals surface area contributed by atoms with E-state index in [1.807, 2.05) is 0 Å². The molecule has 1 unspecified atom stereocenters. The summed E-state index contributed by atoms with van der Waals surface area (Å²) >= 11 is 0.826. The van der Waals surface area contributed by atoms with E-state index in [1.54, 1.807) is 0 Å². The highest BCUT2D eigenvalue weighted by atomic mass is 32.1. The van der Waals surface area contributed by atoms with E-state index < -0.39 is 23.9 Å². The van der Waals surface area contributed by atoms with Gasteiger partial charge in [-0.3, -0.25) is 0 Å². The van der Waals surface area contributed by atoms with Crippen molar-refractivity contribution in [2.24, 2.45) is 0 Å². The Morgan fingerprint density at radius 2 is 2.29 bits per heavy atom. The van der Waals surface area contributed by atoms with Crippen LogP contribution in [0.1, 0.15) is 18.5 Å². The molecule has 1 aliphatic heterocycles. The summed E-state index contributed by atoms with van der Waals surface area (Å²) in [7, 11) is 0. The minimum atomic E-state index is -4.48. The van der Waals surface area contributed by atoms with Gasteiger partial charge in [0, 0.05) is 11.9 Å². The Labute approximate surface area is 98.7 Å². The van der Waals surface area contributed by atoms with Crippen molar-refractivity contribution in [3.8, 4) is 0 Å². The molecule has 0 radical (unpaired) electrons. The number of halogens is 3. The number of carboxylic acid groups (broad SMARTS) is 1. The molecule has 0 aromatic carbocycles. The maximum atomic E-state index is 12.4. The highest BCUT2D eigenvalue weighted by molar-refractivity contribution is 7.13. The lowest BCUT2D eigenvalue weighted by Crippen LogP contribution is -2.35. The van der Waals surface area contributed by atoms with Crippen LogP contribution in [0.2, 0.25) is 0 Å². The van der Waals surface area contributed by atoms with Crippen molar-refractivity contribution in [3.05, 3.63) is 11.1 Å². The Bertz CT molecular complexity index is 432. The number of anilines is 1. The number of nitrogens with zero attached hydrogens (tertiary/aromatic N) is 2. The van der Waals surface area contributed by atoms with Crippen LogP contribution in [0.15, 0.2) is 5.38 Å². The zero-order chi connectivity index (χ0) is 12.6. The van der Waals surface area contributed by atoms with Gasteiger partial charge in [-0.25, -0.2) is 9.78 Å². The third-order valence-electron chi connectivity index (χ3n) is 2.57. The Balaban J connectivity index is 2.23. The number of aromatic nitrogens is 1. The Kier molecular flexibility index (Phi) is 2.98. The summed E-state index contributed by atoms with van der Waals surface area (Å²) in [6.45, 7) is 0.432. The van der Waals surface area contributed by atoms with Gasteiger partial charge in [0.2, 0.25) is 0 Å². The molecule has 1 aromatic heterocycles. The average molecular weight is 266 g/mol. The van der Waals surface area contributed by atoms with Crippen molar-refractivity contribution in [3.63, 3.8) is 0 Å². The van der Waals surface area contributed by atoms with E-state index in [2.05, 4.69) is 4.98 Å². The maximum Gasteiger partial charge on any atom is 0.434 e. The monoisotopic (exact) mass is 266 g/mol. The molecule has 0 bridgehead atoms. The van der Waals surface area contributed by atoms with E-state index in [-0.39, 0.29) is 5.13 Å². The van der Waals surface area contributed by atoms with E-state index in [0.717, 1.165) is 16.7 Å². The van der Waals surface area contributed by atoms with Gasteiger partial charge in [0.1, 0.15) is 6.04 Å². The Morgan fingerprint density at radius 1 is 1.59 bits per heavy atom. The summed E-state index contributed by atoms with van der Waals surface area (Å²) in [6, 6.07) is -0.762. The van der Waals surface area contributed by atoms with Crippen LogP contribution in [0.5, 0.6) is 0 Å². The molecule has 1 atom stereocenters. The van der Waals surface area contributed by atoms with Gasteiger partial charge in [0.05, 0.1) is 0 Å². The first-order chi connectivity index (χ1) is 7.89. The van der Waals surface area contributed by atoms with Crippen LogP contribution in [0.3, 0.4) is 0 Å². The van der Waals surface area contributed by atoms with Crippen molar-refractivity contribution in [1.29, 1.82) is 0 Å². The van der Waals surface area contributed by atoms with Crippen molar-refractivity contribution >= 4 is 22.4 Å². The zero-order valence-electron chi connectivity index (χ0n) is 8.57. The molecule has 0 saturated carbocycles. The summed E-state index contributed by atoms with van der Waals surface area (Å²) in [6.07, 6.45) is -3.39. The molecule has 4 nitrogen and oxygen atoms in total. The summed E-state index contributed by atoms with van der Waals surface area (Å²) in [5, 5.41) is 9.96. The normalized spacial score (nSPS) is 20.9. The maximum absolute atomic E-state index is 12.4. The van der Waals surface area contributed by atoms with Crippen LogP contribution in [-0.4, -0.2) is 28.6 Å². The fourth-order valence-electron chi connectivity index (χ4n) is 1.78. The van der Waals surface area contributed by atoms with E-state index in [0.29, 0.717) is 19.4 Å². The third-order valence-corrected chi connectivity index (χ3v) is 3.44. The smallest absolute Gasteiger partial charge is 0.434 e. The molecule has 94 valence electrons. The summed E-state index contributed by atoms with van der Waals surface area (Å²) < 4.78 is 37.1. The molecule has 1 N–H and O–H groups in total. The highest BCUT2D eigenvalue weighted by Gasteiger charge is 2.37. The van der Waals surface area contributed by atoms with E-state index in [9.17, 15) is 18.0 Å². The number of hydrogen-bond donors (Lipinski definition) is 1. The van der Waals surface area contributed by atoms with Gasteiger partial charge in [-0.1, -0.05) is 0 Å². The van der Waals surface area contributed by atoms with Gasteiger partial charge >= 0.3 is 12.1 Å². The predicted octanol–water partition coefficient (Wildman–Crippen LogP) is 2.22. The molecule has 1 fully saturated rings.